The SMILES string of the molecule is CCCCC(CCC(C)C(C)C)C(C)CC. The molecule has 0 aromatic rings. The van der Waals surface area contributed by atoms with Crippen molar-refractivity contribution in [3.05, 3.63) is 0 Å². The second-order valence-electron chi connectivity index (χ2n) is 6.09. The van der Waals surface area contributed by atoms with Crippen molar-refractivity contribution >= 4 is 0 Å². The van der Waals surface area contributed by atoms with Gasteiger partial charge in [-0.3, -0.25) is 0 Å². The van der Waals surface area contributed by atoms with Crippen molar-refractivity contribution in [1.29, 1.82) is 0 Å². The second-order valence-corrected chi connectivity index (χ2v) is 6.09. The summed E-state index contributed by atoms with van der Waals surface area (Å²) in [5.74, 6) is 3.65. The molecule has 0 radical (unpaired) electrons. The van der Waals surface area contributed by atoms with Gasteiger partial charge in [-0.15, -0.1) is 0 Å². The fourth-order valence-corrected chi connectivity index (χ4v) is 2.32. The third-order valence-corrected chi connectivity index (χ3v) is 4.51. The molecule has 0 bridgehead atoms. The molecule has 16 heavy (non-hydrogen) atoms. The molecular formula is C16H34. The summed E-state index contributed by atoms with van der Waals surface area (Å²) in [5.41, 5.74) is 0. The van der Waals surface area contributed by atoms with Gasteiger partial charge in [-0.2, -0.15) is 0 Å². The Kier molecular flexibility index (Phi) is 9.07. The Balaban J connectivity index is 4.00. The lowest BCUT2D eigenvalue weighted by molar-refractivity contribution is 0.261. The van der Waals surface area contributed by atoms with E-state index in [1.807, 2.05) is 0 Å². The van der Waals surface area contributed by atoms with Crippen molar-refractivity contribution in [2.45, 2.75) is 80.1 Å². The third kappa shape index (κ3) is 6.55. The first-order valence-corrected chi connectivity index (χ1v) is 7.52. The summed E-state index contributed by atoms with van der Waals surface area (Å²) in [6.07, 6.45) is 8.46. The van der Waals surface area contributed by atoms with Crippen molar-refractivity contribution in [2.75, 3.05) is 0 Å². The second kappa shape index (κ2) is 9.07. The van der Waals surface area contributed by atoms with E-state index in [4.69, 9.17) is 0 Å². The minimum atomic E-state index is 0.851. The zero-order valence-corrected chi connectivity index (χ0v) is 12.6. The molecule has 0 saturated heterocycles. The van der Waals surface area contributed by atoms with Crippen LogP contribution < -0.4 is 0 Å². The smallest absolute Gasteiger partial charge is 0.0388 e. The summed E-state index contributed by atoms with van der Waals surface area (Å²) >= 11 is 0. The Bertz CT molecular complexity index is 148. The standard InChI is InChI=1S/C16H34/c1-7-9-10-16(14(5)8-2)12-11-15(6)13(3)4/h13-16H,7-12H2,1-6H3. The maximum absolute atomic E-state index is 2.44. The van der Waals surface area contributed by atoms with Gasteiger partial charge in [0.1, 0.15) is 0 Å². The molecule has 3 atom stereocenters. The lowest BCUT2D eigenvalue weighted by Gasteiger charge is -2.25. The van der Waals surface area contributed by atoms with Crippen molar-refractivity contribution in [2.24, 2.45) is 23.7 Å². The monoisotopic (exact) mass is 226 g/mol. The van der Waals surface area contributed by atoms with Crippen molar-refractivity contribution in [1.82, 2.24) is 0 Å². The molecule has 0 heterocycles. The van der Waals surface area contributed by atoms with E-state index in [-0.39, 0.29) is 0 Å². The maximum Gasteiger partial charge on any atom is -0.0388 e. The Labute approximate surface area is 104 Å². The van der Waals surface area contributed by atoms with E-state index in [0.29, 0.717) is 0 Å². The number of unbranched alkanes of at least 4 members (excludes halogenated alkanes) is 1. The van der Waals surface area contributed by atoms with E-state index in [1.165, 1.54) is 38.5 Å². The van der Waals surface area contributed by atoms with Crippen LogP contribution in [0.4, 0.5) is 0 Å². The van der Waals surface area contributed by atoms with Crippen LogP contribution in [0.2, 0.25) is 0 Å². The van der Waals surface area contributed by atoms with Gasteiger partial charge in [0, 0.05) is 0 Å². The lowest BCUT2D eigenvalue weighted by Crippen LogP contribution is -2.14. The van der Waals surface area contributed by atoms with Crippen LogP contribution in [0.25, 0.3) is 0 Å². The zero-order valence-electron chi connectivity index (χ0n) is 12.6. The van der Waals surface area contributed by atoms with Crippen LogP contribution in [-0.4, -0.2) is 0 Å². The molecule has 0 nitrogen and oxygen atoms in total. The molecule has 0 aliphatic heterocycles. The van der Waals surface area contributed by atoms with Crippen molar-refractivity contribution in [3.8, 4) is 0 Å². The first kappa shape index (κ1) is 16.0. The summed E-state index contributed by atoms with van der Waals surface area (Å²) in [5, 5.41) is 0. The number of hydrogen-bond acceptors (Lipinski definition) is 0. The Morgan fingerprint density at radius 1 is 0.750 bits per heavy atom. The average Bonchev–Trinajstić information content (AvgIpc) is 2.27. The normalized spacial score (nSPS) is 17.4. The van der Waals surface area contributed by atoms with Gasteiger partial charge in [0.15, 0.2) is 0 Å². The van der Waals surface area contributed by atoms with E-state index < -0.39 is 0 Å². The van der Waals surface area contributed by atoms with E-state index in [1.54, 1.807) is 0 Å². The molecule has 0 aromatic carbocycles. The molecule has 0 aliphatic carbocycles. The van der Waals surface area contributed by atoms with Gasteiger partial charge < -0.3 is 0 Å². The van der Waals surface area contributed by atoms with Crippen LogP contribution in [-0.2, 0) is 0 Å². The highest BCUT2D eigenvalue weighted by atomic mass is 14.2. The lowest BCUT2D eigenvalue weighted by atomic mass is 9.81. The fraction of sp³-hybridized carbons (Fsp3) is 1.00. The molecule has 0 amide bonds. The van der Waals surface area contributed by atoms with Crippen molar-refractivity contribution < 1.29 is 0 Å². The molecule has 0 N–H and O–H groups in total. The number of rotatable bonds is 9. The van der Waals surface area contributed by atoms with E-state index in [0.717, 1.165) is 23.7 Å². The van der Waals surface area contributed by atoms with Crippen LogP contribution in [0.3, 0.4) is 0 Å². The van der Waals surface area contributed by atoms with Crippen LogP contribution in [0, 0.1) is 23.7 Å². The zero-order chi connectivity index (χ0) is 12.6. The molecule has 0 rings (SSSR count). The molecule has 0 fully saturated rings. The average molecular weight is 226 g/mol. The van der Waals surface area contributed by atoms with Gasteiger partial charge in [-0.05, 0) is 30.1 Å². The van der Waals surface area contributed by atoms with Gasteiger partial charge in [0.05, 0.1) is 0 Å². The predicted octanol–water partition coefficient (Wildman–Crippen LogP) is 5.91. The topological polar surface area (TPSA) is 0 Å². The Morgan fingerprint density at radius 2 is 1.38 bits per heavy atom. The summed E-state index contributed by atoms with van der Waals surface area (Å²) in [6, 6.07) is 0. The fourth-order valence-electron chi connectivity index (χ4n) is 2.32. The summed E-state index contributed by atoms with van der Waals surface area (Å²) < 4.78 is 0. The van der Waals surface area contributed by atoms with E-state index >= 15 is 0 Å². The van der Waals surface area contributed by atoms with Gasteiger partial charge in [0.25, 0.3) is 0 Å². The van der Waals surface area contributed by atoms with Crippen LogP contribution in [0.1, 0.15) is 80.1 Å². The Hall–Kier alpha value is 0. The van der Waals surface area contributed by atoms with Crippen LogP contribution in [0.5, 0.6) is 0 Å². The minimum absolute atomic E-state index is 0.851. The third-order valence-electron chi connectivity index (χ3n) is 4.51. The van der Waals surface area contributed by atoms with Gasteiger partial charge in [0.2, 0.25) is 0 Å². The maximum atomic E-state index is 2.44. The Morgan fingerprint density at radius 3 is 1.81 bits per heavy atom. The highest BCUT2D eigenvalue weighted by Gasteiger charge is 2.17. The summed E-state index contributed by atoms with van der Waals surface area (Å²) in [7, 11) is 0. The van der Waals surface area contributed by atoms with E-state index in [9.17, 15) is 0 Å². The number of hydrogen-bond donors (Lipinski definition) is 0. The van der Waals surface area contributed by atoms with Crippen LogP contribution >= 0.6 is 0 Å². The largest absolute Gasteiger partial charge is 0.0654 e. The molecule has 0 aliphatic rings. The highest BCUT2D eigenvalue weighted by molar-refractivity contribution is 4.68. The van der Waals surface area contributed by atoms with Crippen molar-refractivity contribution in [3.63, 3.8) is 0 Å². The summed E-state index contributed by atoms with van der Waals surface area (Å²) in [4.78, 5) is 0. The highest BCUT2D eigenvalue weighted by Crippen LogP contribution is 2.29. The molecule has 0 spiro atoms. The summed E-state index contributed by atoms with van der Waals surface area (Å²) in [6.45, 7) is 14.2. The molecular weight excluding hydrogens is 192 g/mol. The van der Waals surface area contributed by atoms with Gasteiger partial charge in [-0.25, -0.2) is 0 Å². The molecule has 3 unspecified atom stereocenters. The minimum Gasteiger partial charge on any atom is -0.0654 e. The predicted molar refractivity (Wildman–Crippen MR) is 75.7 cm³/mol. The van der Waals surface area contributed by atoms with E-state index in [2.05, 4.69) is 41.5 Å². The molecule has 0 aromatic heterocycles. The first-order chi connectivity index (χ1) is 7.52. The quantitative estimate of drug-likeness (QED) is 0.458. The van der Waals surface area contributed by atoms with Gasteiger partial charge in [-0.1, -0.05) is 73.6 Å². The van der Waals surface area contributed by atoms with Crippen LogP contribution in [0.15, 0.2) is 0 Å². The molecule has 0 saturated carbocycles. The molecule has 98 valence electrons. The molecule has 0 heteroatoms. The van der Waals surface area contributed by atoms with Gasteiger partial charge >= 0.3 is 0 Å². The first-order valence-electron chi connectivity index (χ1n) is 7.52.